The van der Waals surface area contributed by atoms with Crippen LogP contribution in [-0.2, 0) is 24.5 Å². The van der Waals surface area contributed by atoms with Gasteiger partial charge >= 0.3 is 0 Å². The van der Waals surface area contributed by atoms with Gasteiger partial charge in [-0.15, -0.1) is 0 Å². The first-order valence-corrected chi connectivity index (χ1v) is 10.9. The predicted molar refractivity (Wildman–Crippen MR) is 118 cm³/mol. The molecular formula is C27H28O4. The van der Waals surface area contributed by atoms with Gasteiger partial charge in [0.1, 0.15) is 11.7 Å². The molecule has 31 heavy (non-hydrogen) atoms. The first-order chi connectivity index (χ1) is 15.1. The fraction of sp³-hybridized carbons (Fsp3) is 0.333. The summed E-state index contributed by atoms with van der Waals surface area (Å²) in [6.07, 6.45) is 0.274. The van der Waals surface area contributed by atoms with Crippen molar-refractivity contribution in [2.75, 3.05) is 6.61 Å². The summed E-state index contributed by atoms with van der Waals surface area (Å²) in [5.74, 6) is -0.594. The van der Waals surface area contributed by atoms with E-state index in [1.165, 1.54) is 0 Å². The molecule has 5 rings (SSSR count). The third kappa shape index (κ3) is 3.92. The molecule has 4 heteroatoms. The average molecular weight is 417 g/mol. The molecule has 0 N–H and O–H groups in total. The lowest BCUT2D eigenvalue weighted by atomic mass is 9.80. The van der Waals surface area contributed by atoms with Crippen molar-refractivity contribution in [1.82, 2.24) is 0 Å². The Bertz CT molecular complexity index is 875. The third-order valence-corrected chi connectivity index (χ3v) is 5.99. The zero-order valence-electron chi connectivity index (χ0n) is 17.9. The zero-order chi connectivity index (χ0) is 21.3. The summed E-state index contributed by atoms with van der Waals surface area (Å²) in [6.45, 7) is 4.27. The largest absolute Gasteiger partial charge is 0.358 e. The molecule has 0 bridgehead atoms. The average Bonchev–Trinajstić information content (AvgIpc) is 3.29. The van der Waals surface area contributed by atoms with E-state index in [0.29, 0.717) is 6.61 Å². The second kappa shape index (κ2) is 8.21. The first-order valence-electron chi connectivity index (χ1n) is 10.9. The minimum atomic E-state index is -0.744. The van der Waals surface area contributed by atoms with Crippen molar-refractivity contribution >= 4 is 0 Å². The van der Waals surface area contributed by atoms with Crippen LogP contribution < -0.4 is 0 Å². The molecule has 160 valence electrons. The van der Waals surface area contributed by atoms with Crippen molar-refractivity contribution in [3.05, 3.63) is 108 Å². The van der Waals surface area contributed by atoms with Crippen molar-refractivity contribution in [1.29, 1.82) is 0 Å². The monoisotopic (exact) mass is 416 g/mol. The van der Waals surface area contributed by atoms with Crippen LogP contribution in [0.2, 0.25) is 0 Å². The van der Waals surface area contributed by atoms with Crippen LogP contribution in [0.3, 0.4) is 0 Å². The van der Waals surface area contributed by atoms with E-state index in [-0.39, 0.29) is 18.5 Å². The fourth-order valence-corrected chi connectivity index (χ4v) is 4.68. The second-order valence-electron chi connectivity index (χ2n) is 8.63. The Morgan fingerprint density at radius 1 is 0.774 bits per heavy atom. The normalized spacial score (nSPS) is 24.8. The van der Waals surface area contributed by atoms with E-state index in [4.69, 9.17) is 18.9 Å². The smallest absolute Gasteiger partial charge is 0.187 e. The maximum Gasteiger partial charge on any atom is 0.187 e. The minimum Gasteiger partial charge on any atom is -0.358 e. The number of hydrogen-bond donors (Lipinski definition) is 0. The van der Waals surface area contributed by atoms with Crippen LogP contribution in [0.4, 0.5) is 0 Å². The minimum absolute atomic E-state index is 0.0526. The SMILES string of the molecule is CC1(C)O[C@@H]2O[C@H](COC(c3ccccc3)(c3ccccc3)c3ccccc3)C[C@@H]2O1. The molecule has 2 saturated heterocycles. The molecule has 0 aliphatic carbocycles. The summed E-state index contributed by atoms with van der Waals surface area (Å²) in [5.41, 5.74) is 2.50. The lowest BCUT2D eigenvalue weighted by Crippen LogP contribution is -2.36. The molecule has 0 saturated carbocycles. The number of rotatable bonds is 6. The molecule has 4 nitrogen and oxygen atoms in total. The van der Waals surface area contributed by atoms with Crippen LogP contribution in [0.1, 0.15) is 37.0 Å². The van der Waals surface area contributed by atoms with Gasteiger partial charge in [0.15, 0.2) is 12.1 Å². The highest BCUT2D eigenvalue weighted by Gasteiger charge is 2.49. The Morgan fingerprint density at radius 3 is 1.71 bits per heavy atom. The highest BCUT2D eigenvalue weighted by molar-refractivity contribution is 5.47. The summed E-state index contributed by atoms with van der Waals surface area (Å²) in [5, 5.41) is 0. The molecule has 2 aliphatic heterocycles. The summed E-state index contributed by atoms with van der Waals surface area (Å²) in [7, 11) is 0. The van der Waals surface area contributed by atoms with E-state index in [0.717, 1.165) is 23.1 Å². The van der Waals surface area contributed by atoms with E-state index in [2.05, 4.69) is 72.8 Å². The lowest BCUT2D eigenvalue weighted by Gasteiger charge is -2.36. The number of ether oxygens (including phenoxy) is 4. The van der Waals surface area contributed by atoms with Crippen molar-refractivity contribution in [3.8, 4) is 0 Å². The molecule has 0 radical (unpaired) electrons. The molecule has 0 amide bonds. The third-order valence-electron chi connectivity index (χ3n) is 5.99. The molecule has 2 heterocycles. The van der Waals surface area contributed by atoms with Gasteiger partial charge in [-0.1, -0.05) is 91.0 Å². The Morgan fingerprint density at radius 2 is 1.26 bits per heavy atom. The van der Waals surface area contributed by atoms with Gasteiger partial charge in [-0.25, -0.2) is 0 Å². The molecule has 0 unspecified atom stereocenters. The maximum atomic E-state index is 6.85. The molecule has 3 aromatic carbocycles. The van der Waals surface area contributed by atoms with Crippen LogP contribution >= 0.6 is 0 Å². The van der Waals surface area contributed by atoms with Crippen LogP contribution in [0.5, 0.6) is 0 Å². The lowest BCUT2D eigenvalue weighted by molar-refractivity contribution is -0.212. The summed E-state index contributed by atoms with van der Waals surface area (Å²) in [6, 6.07) is 31.2. The van der Waals surface area contributed by atoms with E-state index < -0.39 is 11.4 Å². The Hall–Kier alpha value is -2.50. The molecule has 0 aromatic heterocycles. The molecule has 3 atom stereocenters. The van der Waals surface area contributed by atoms with Crippen LogP contribution in [0, 0.1) is 0 Å². The molecule has 0 spiro atoms. The highest BCUT2D eigenvalue weighted by Crippen LogP contribution is 2.42. The van der Waals surface area contributed by atoms with Crippen LogP contribution in [-0.4, -0.2) is 30.9 Å². The van der Waals surface area contributed by atoms with Gasteiger partial charge in [-0.2, -0.15) is 0 Å². The standard InChI is InChI=1S/C27H28O4/c1-26(2)30-24-18-23(29-25(24)31-26)19-28-27(20-12-6-3-7-13-20,21-14-8-4-9-15-21)22-16-10-5-11-17-22/h3-17,23-25H,18-19H2,1-2H3/t23-,24-,25-/m0/s1. The quantitative estimate of drug-likeness (QED) is 0.514. The Kier molecular flexibility index (Phi) is 5.40. The van der Waals surface area contributed by atoms with Gasteiger partial charge in [0.05, 0.1) is 12.7 Å². The number of benzene rings is 3. The maximum absolute atomic E-state index is 6.85. The Labute approximate surface area is 183 Å². The van der Waals surface area contributed by atoms with Crippen LogP contribution in [0.15, 0.2) is 91.0 Å². The summed E-state index contributed by atoms with van der Waals surface area (Å²) < 4.78 is 24.9. The van der Waals surface area contributed by atoms with E-state index >= 15 is 0 Å². The molecule has 3 aromatic rings. The topological polar surface area (TPSA) is 36.9 Å². The first kappa shape index (κ1) is 20.4. The highest BCUT2D eigenvalue weighted by atomic mass is 16.8. The van der Waals surface area contributed by atoms with Gasteiger partial charge in [0.2, 0.25) is 0 Å². The van der Waals surface area contributed by atoms with Crippen molar-refractivity contribution in [2.24, 2.45) is 0 Å². The second-order valence-corrected chi connectivity index (χ2v) is 8.63. The summed E-state index contributed by atoms with van der Waals surface area (Å²) >= 11 is 0. The van der Waals surface area contributed by atoms with Gasteiger partial charge in [-0.3, -0.25) is 0 Å². The van der Waals surface area contributed by atoms with Crippen LogP contribution in [0.25, 0.3) is 0 Å². The van der Waals surface area contributed by atoms with Gasteiger partial charge in [-0.05, 0) is 30.5 Å². The number of fused-ring (bicyclic) bond motifs is 1. The van der Waals surface area contributed by atoms with E-state index in [1.807, 2.05) is 32.0 Å². The summed E-state index contributed by atoms with van der Waals surface area (Å²) in [4.78, 5) is 0. The van der Waals surface area contributed by atoms with Crippen molar-refractivity contribution in [3.63, 3.8) is 0 Å². The van der Waals surface area contributed by atoms with E-state index in [9.17, 15) is 0 Å². The zero-order valence-corrected chi connectivity index (χ0v) is 17.9. The molecule has 2 fully saturated rings. The van der Waals surface area contributed by atoms with Crippen molar-refractivity contribution < 1.29 is 18.9 Å². The van der Waals surface area contributed by atoms with E-state index in [1.54, 1.807) is 0 Å². The molecule has 2 aliphatic rings. The van der Waals surface area contributed by atoms with Gasteiger partial charge < -0.3 is 18.9 Å². The fourth-order valence-electron chi connectivity index (χ4n) is 4.68. The number of hydrogen-bond acceptors (Lipinski definition) is 4. The Balaban J connectivity index is 1.49. The predicted octanol–water partition coefficient (Wildman–Crippen LogP) is 5.26. The molecular weight excluding hydrogens is 388 g/mol. The van der Waals surface area contributed by atoms with Gasteiger partial charge in [0.25, 0.3) is 0 Å². The van der Waals surface area contributed by atoms with Crippen molar-refractivity contribution in [2.45, 2.75) is 50.2 Å². The van der Waals surface area contributed by atoms with Gasteiger partial charge in [0, 0.05) is 6.42 Å².